The monoisotopic (exact) mass is 286 g/mol. The highest BCUT2D eigenvalue weighted by Gasteiger charge is 2.32. The molecule has 1 aromatic carbocycles. The quantitative estimate of drug-likeness (QED) is 0.865. The maximum Gasteiger partial charge on any atom is 0.253 e. The lowest BCUT2D eigenvalue weighted by Gasteiger charge is -2.25. The van der Waals surface area contributed by atoms with Gasteiger partial charge in [0.15, 0.2) is 0 Å². The molecule has 0 aromatic heterocycles. The number of hydrogen-bond acceptors (Lipinski definition) is 2. The fourth-order valence-electron chi connectivity index (χ4n) is 1.99. The zero-order valence-corrected chi connectivity index (χ0v) is 11.9. The van der Waals surface area contributed by atoms with Crippen LogP contribution in [0.4, 0.5) is 5.69 Å². The Balaban J connectivity index is 2.22. The first-order valence-corrected chi connectivity index (χ1v) is 6.69. The average Bonchev–Trinajstić information content (AvgIpc) is 3.16. The number of anilines is 1. The van der Waals surface area contributed by atoms with E-state index in [1.165, 1.54) is 12.8 Å². The van der Waals surface area contributed by atoms with Gasteiger partial charge in [0, 0.05) is 18.7 Å². The number of nitrogens with two attached hydrogens (primary N) is 1. The lowest BCUT2D eigenvalue weighted by atomic mass is 10.1. The Morgan fingerprint density at radius 1 is 1.39 bits per heavy atom. The number of carbonyl (C=O) groups excluding carboxylic acids is 1. The molecule has 0 spiro atoms. The van der Waals surface area contributed by atoms with Crippen molar-refractivity contribution in [1.82, 2.24) is 4.90 Å². The predicted molar refractivity (Wildman–Crippen MR) is 75.2 cm³/mol. The number of hydrogen-bond donors (Lipinski definition) is 1. The van der Waals surface area contributed by atoms with Gasteiger partial charge in [-0.2, -0.15) is 0 Å². The minimum Gasteiger partial charge on any atom is -0.396 e. The molecule has 1 atom stereocenters. The van der Waals surface area contributed by atoms with Crippen molar-refractivity contribution in [3.63, 3.8) is 0 Å². The summed E-state index contributed by atoms with van der Waals surface area (Å²) in [6.45, 7) is 2.07. The van der Waals surface area contributed by atoms with Crippen LogP contribution in [0.1, 0.15) is 30.1 Å². The minimum atomic E-state index is -0.0711. The number of nitrogens with zero attached hydrogens (tertiary/aromatic N) is 1. The summed E-state index contributed by atoms with van der Waals surface area (Å²) >= 11 is 11.9. The van der Waals surface area contributed by atoms with Gasteiger partial charge in [0.2, 0.25) is 0 Å². The van der Waals surface area contributed by atoms with E-state index >= 15 is 0 Å². The molecule has 5 heteroatoms. The van der Waals surface area contributed by atoms with E-state index in [2.05, 4.69) is 6.92 Å². The average molecular weight is 287 g/mol. The molecule has 1 unspecified atom stereocenters. The third-order valence-corrected chi connectivity index (χ3v) is 4.19. The van der Waals surface area contributed by atoms with Crippen LogP contribution in [-0.4, -0.2) is 23.9 Å². The van der Waals surface area contributed by atoms with Crippen molar-refractivity contribution in [1.29, 1.82) is 0 Å². The van der Waals surface area contributed by atoms with Crippen LogP contribution in [0.3, 0.4) is 0 Å². The van der Waals surface area contributed by atoms with E-state index in [4.69, 9.17) is 28.9 Å². The minimum absolute atomic E-state index is 0.0711. The van der Waals surface area contributed by atoms with Crippen LogP contribution in [0.25, 0.3) is 0 Å². The first kappa shape index (κ1) is 13.5. The highest BCUT2D eigenvalue weighted by molar-refractivity contribution is 6.39. The Morgan fingerprint density at radius 3 is 2.33 bits per heavy atom. The maximum absolute atomic E-state index is 12.3. The van der Waals surface area contributed by atoms with Crippen LogP contribution in [0.15, 0.2) is 12.1 Å². The topological polar surface area (TPSA) is 46.3 Å². The normalized spacial score (nSPS) is 16.4. The Kier molecular flexibility index (Phi) is 3.74. The van der Waals surface area contributed by atoms with Crippen molar-refractivity contribution in [2.24, 2.45) is 5.92 Å². The molecule has 1 amide bonds. The maximum atomic E-state index is 12.3. The summed E-state index contributed by atoms with van der Waals surface area (Å²) in [6, 6.07) is 3.38. The van der Waals surface area contributed by atoms with Crippen LogP contribution in [-0.2, 0) is 0 Å². The molecule has 1 fully saturated rings. The molecule has 3 nitrogen and oxygen atoms in total. The van der Waals surface area contributed by atoms with Crippen molar-refractivity contribution in [2.75, 3.05) is 12.8 Å². The lowest BCUT2D eigenvalue weighted by molar-refractivity contribution is 0.0727. The van der Waals surface area contributed by atoms with E-state index in [-0.39, 0.29) is 11.9 Å². The number of rotatable bonds is 3. The summed E-state index contributed by atoms with van der Waals surface area (Å²) in [5, 5.41) is 0.636. The van der Waals surface area contributed by atoms with E-state index < -0.39 is 0 Å². The summed E-state index contributed by atoms with van der Waals surface area (Å²) in [4.78, 5) is 14.0. The molecular formula is C13H16Cl2N2O. The highest BCUT2D eigenvalue weighted by atomic mass is 35.5. The molecule has 0 aliphatic heterocycles. The van der Waals surface area contributed by atoms with Gasteiger partial charge in [0.05, 0.1) is 15.7 Å². The summed E-state index contributed by atoms with van der Waals surface area (Å²) in [5.41, 5.74) is 6.45. The largest absolute Gasteiger partial charge is 0.396 e. The molecule has 0 radical (unpaired) electrons. The lowest BCUT2D eigenvalue weighted by Crippen LogP contribution is -2.36. The SMILES string of the molecule is CC(C1CC1)N(C)C(=O)c1cc(Cl)c(N)c(Cl)c1. The summed E-state index contributed by atoms with van der Waals surface area (Å²) in [6.07, 6.45) is 2.39. The molecule has 0 saturated heterocycles. The fraction of sp³-hybridized carbons (Fsp3) is 0.462. The molecule has 1 aliphatic rings. The molecule has 0 heterocycles. The highest BCUT2D eigenvalue weighted by Crippen LogP contribution is 2.35. The zero-order chi connectivity index (χ0) is 13.4. The predicted octanol–water partition coefficient (Wildman–Crippen LogP) is 3.45. The van der Waals surface area contributed by atoms with E-state index in [1.807, 2.05) is 7.05 Å². The molecule has 2 N–H and O–H groups in total. The Labute approximate surface area is 117 Å². The second kappa shape index (κ2) is 4.98. The molecule has 18 heavy (non-hydrogen) atoms. The van der Waals surface area contributed by atoms with E-state index in [9.17, 15) is 4.79 Å². The first-order chi connectivity index (χ1) is 8.41. The number of amides is 1. The zero-order valence-electron chi connectivity index (χ0n) is 10.4. The van der Waals surface area contributed by atoms with Crippen LogP contribution >= 0.6 is 23.2 Å². The van der Waals surface area contributed by atoms with Crippen molar-refractivity contribution < 1.29 is 4.79 Å². The van der Waals surface area contributed by atoms with Gasteiger partial charge >= 0.3 is 0 Å². The van der Waals surface area contributed by atoms with Crippen LogP contribution < -0.4 is 5.73 Å². The Hall–Kier alpha value is -0.930. The molecule has 1 aliphatic carbocycles. The van der Waals surface area contributed by atoms with Gasteiger partial charge < -0.3 is 10.6 Å². The standard InChI is InChI=1S/C13H16Cl2N2O/c1-7(8-3-4-8)17(2)13(18)9-5-10(14)12(16)11(15)6-9/h5-8H,3-4,16H2,1-2H3. The van der Waals surface area contributed by atoms with Gasteiger partial charge in [-0.1, -0.05) is 23.2 Å². The van der Waals surface area contributed by atoms with Gasteiger partial charge in [0.25, 0.3) is 5.91 Å². The van der Waals surface area contributed by atoms with Gasteiger partial charge in [-0.05, 0) is 37.8 Å². The number of benzene rings is 1. The van der Waals surface area contributed by atoms with Crippen LogP contribution in [0.5, 0.6) is 0 Å². The number of nitrogen functional groups attached to an aromatic ring is 1. The second-order valence-corrected chi connectivity index (χ2v) is 5.66. The molecule has 0 bridgehead atoms. The van der Waals surface area contributed by atoms with Gasteiger partial charge in [-0.25, -0.2) is 0 Å². The summed E-state index contributed by atoms with van der Waals surface area (Å²) < 4.78 is 0. The third-order valence-electron chi connectivity index (χ3n) is 3.56. The van der Waals surface area contributed by atoms with Gasteiger partial charge in [-0.3, -0.25) is 4.79 Å². The molecule has 1 saturated carbocycles. The Bertz CT molecular complexity index is 463. The fourth-order valence-corrected chi connectivity index (χ4v) is 2.48. The first-order valence-electron chi connectivity index (χ1n) is 5.93. The number of halogens is 2. The third kappa shape index (κ3) is 2.57. The van der Waals surface area contributed by atoms with Crippen molar-refractivity contribution >= 4 is 34.8 Å². The van der Waals surface area contributed by atoms with Crippen molar-refractivity contribution in [3.8, 4) is 0 Å². The van der Waals surface area contributed by atoms with Crippen molar-refractivity contribution in [2.45, 2.75) is 25.8 Å². The van der Waals surface area contributed by atoms with Gasteiger partial charge in [-0.15, -0.1) is 0 Å². The van der Waals surface area contributed by atoms with E-state index in [0.29, 0.717) is 27.2 Å². The Morgan fingerprint density at radius 2 is 1.89 bits per heavy atom. The summed E-state index contributed by atoms with van der Waals surface area (Å²) in [5.74, 6) is 0.553. The molecular weight excluding hydrogens is 271 g/mol. The number of carbonyl (C=O) groups is 1. The smallest absolute Gasteiger partial charge is 0.253 e. The molecule has 98 valence electrons. The second-order valence-electron chi connectivity index (χ2n) is 4.85. The van der Waals surface area contributed by atoms with Crippen molar-refractivity contribution in [3.05, 3.63) is 27.7 Å². The van der Waals surface area contributed by atoms with E-state index in [1.54, 1.807) is 17.0 Å². The van der Waals surface area contributed by atoms with Crippen LogP contribution in [0.2, 0.25) is 10.0 Å². The summed E-state index contributed by atoms with van der Waals surface area (Å²) in [7, 11) is 1.81. The van der Waals surface area contributed by atoms with Crippen LogP contribution in [0, 0.1) is 5.92 Å². The molecule has 2 rings (SSSR count). The van der Waals surface area contributed by atoms with Gasteiger partial charge in [0.1, 0.15) is 0 Å². The molecule has 1 aromatic rings. The van der Waals surface area contributed by atoms with E-state index in [0.717, 1.165) is 0 Å².